The van der Waals surface area contributed by atoms with Crippen molar-refractivity contribution in [3.63, 3.8) is 0 Å². The van der Waals surface area contributed by atoms with Crippen molar-refractivity contribution in [3.05, 3.63) is 0 Å². The topological polar surface area (TPSA) is 64.6 Å². The molecule has 17 heavy (non-hydrogen) atoms. The SMILES string of the molecule is COC(=O)C1CCC(OCCNC(C)=O)CC1. The highest BCUT2D eigenvalue weighted by molar-refractivity contribution is 5.72. The Bertz CT molecular complexity index is 259. The first-order valence-electron chi connectivity index (χ1n) is 6.07. The molecule has 0 radical (unpaired) electrons. The van der Waals surface area contributed by atoms with Gasteiger partial charge in [-0.1, -0.05) is 0 Å². The van der Waals surface area contributed by atoms with Crippen LogP contribution in [0, 0.1) is 5.92 Å². The molecule has 0 aromatic carbocycles. The molecule has 0 aromatic rings. The summed E-state index contributed by atoms with van der Waals surface area (Å²) in [5, 5.41) is 2.68. The summed E-state index contributed by atoms with van der Waals surface area (Å²) >= 11 is 0. The minimum Gasteiger partial charge on any atom is -0.469 e. The highest BCUT2D eigenvalue weighted by Gasteiger charge is 2.26. The Morgan fingerprint density at radius 1 is 1.24 bits per heavy atom. The zero-order valence-corrected chi connectivity index (χ0v) is 10.5. The molecule has 1 aliphatic rings. The monoisotopic (exact) mass is 243 g/mol. The van der Waals surface area contributed by atoms with Gasteiger partial charge in [0.15, 0.2) is 0 Å². The number of amides is 1. The van der Waals surface area contributed by atoms with Crippen LogP contribution < -0.4 is 5.32 Å². The average molecular weight is 243 g/mol. The minimum absolute atomic E-state index is 0.0372. The first-order valence-corrected chi connectivity index (χ1v) is 6.07. The second kappa shape index (κ2) is 7.27. The molecular weight excluding hydrogens is 222 g/mol. The number of carbonyl (C=O) groups excluding carboxylic acids is 2. The summed E-state index contributed by atoms with van der Waals surface area (Å²) < 4.78 is 10.4. The molecule has 0 aromatic heterocycles. The van der Waals surface area contributed by atoms with Gasteiger partial charge in [0.1, 0.15) is 0 Å². The molecule has 0 atom stereocenters. The summed E-state index contributed by atoms with van der Waals surface area (Å²) in [6.07, 6.45) is 3.65. The summed E-state index contributed by atoms with van der Waals surface area (Å²) in [5.41, 5.74) is 0. The number of hydrogen-bond donors (Lipinski definition) is 1. The lowest BCUT2D eigenvalue weighted by Gasteiger charge is -2.26. The average Bonchev–Trinajstić information content (AvgIpc) is 2.34. The first kappa shape index (κ1) is 14.0. The summed E-state index contributed by atoms with van der Waals surface area (Å²) in [4.78, 5) is 21.9. The Hall–Kier alpha value is -1.10. The lowest BCUT2D eigenvalue weighted by Crippen LogP contribution is -2.30. The molecular formula is C12H21NO4. The third kappa shape index (κ3) is 5.17. The Morgan fingerprint density at radius 3 is 2.41 bits per heavy atom. The van der Waals surface area contributed by atoms with Crippen molar-refractivity contribution in [2.45, 2.75) is 38.7 Å². The van der Waals surface area contributed by atoms with E-state index < -0.39 is 0 Å². The second-order valence-corrected chi connectivity index (χ2v) is 4.35. The van der Waals surface area contributed by atoms with Crippen LogP contribution in [0.3, 0.4) is 0 Å². The molecule has 1 aliphatic carbocycles. The third-order valence-electron chi connectivity index (χ3n) is 3.04. The van der Waals surface area contributed by atoms with E-state index in [1.54, 1.807) is 0 Å². The van der Waals surface area contributed by atoms with E-state index in [4.69, 9.17) is 9.47 Å². The van der Waals surface area contributed by atoms with E-state index in [1.807, 2.05) is 0 Å². The van der Waals surface area contributed by atoms with E-state index >= 15 is 0 Å². The maximum absolute atomic E-state index is 11.3. The van der Waals surface area contributed by atoms with Gasteiger partial charge in [-0.15, -0.1) is 0 Å². The van der Waals surface area contributed by atoms with Crippen molar-refractivity contribution < 1.29 is 19.1 Å². The lowest BCUT2D eigenvalue weighted by molar-refractivity contribution is -0.147. The molecule has 0 unspecified atom stereocenters. The van der Waals surface area contributed by atoms with Crippen molar-refractivity contribution in [2.75, 3.05) is 20.3 Å². The maximum atomic E-state index is 11.3. The largest absolute Gasteiger partial charge is 0.469 e. The van der Waals surface area contributed by atoms with Crippen LogP contribution in [0.4, 0.5) is 0 Å². The van der Waals surface area contributed by atoms with Crippen LogP contribution in [0.25, 0.3) is 0 Å². The van der Waals surface area contributed by atoms with Gasteiger partial charge < -0.3 is 14.8 Å². The molecule has 98 valence electrons. The maximum Gasteiger partial charge on any atom is 0.308 e. The zero-order valence-electron chi connectivity index (χ0n) is 10.5. The van der Waals surface area contributed by atoms with Gasteiger partial charge in [0.25, 0.3) is 0 Å². The van der Waals surface area contributed by atoms with Gasteiger partial charge in [-0.25, -0.2) is 0 Å². The predicted molar refractivity (Wildman–Crippen MR) is 62.4 cm³/mol. The summed E-state index contributed by atoms with van der Waals surface area (Å²) in [6.45, 7) is 2.57. The van der Waals surface area contributed by atoms with Crippen molar-refractivity contribution in [1.82, 2.24) is 5.32 Å². The number of nitrogens with one attached hydrogen (secondary N) is 1. The Balaban J connectivity index is 2.10. The van der Waals surface area contributed by atoms with E-state index in [2.05, 4.69) is 5.32 Å². The number of esters is 1. The molecule has 1 rings (SSSR count). The van der Waals surface area contributed by atoms with Crippen molar-refractivity contribution in [1.29, 1.82) is 0 Å². The molecule has 5 heteroatoms. The van der Waals surface area contributed by atoms with E-state index in [9.17, 15) is 9.59 Å². The normalized spacial score (nSPS) is 24.1. The third-order valence-corrected chi connectivity index (χ3v) is 3.04. The fourth-order valence-corrected chi connectivity index (χ4v) is 2.08. The van der Waals surface area contributed by atoms with Crippen molar-refractivity contribution in [2.24, 2.45) is 5.92 Å². The van der Waals surface area contributed by atoms with Gasteiger partial charge >= 0.3 is 5.97 Å². The summed E-state index contributed by atoms with van der Waals surface area (Å²) in [6, 6.07) is 0. The fraction of sp³-hybridized carbons (Fsp3) is 0.833. The van der Waals surface area contributed by atoms with Gasteiger partial charge in [0.2, 0.25) is 5.91 Å². The Morgan fingerprint density at radius 2 is 1.88 bits per heavy atom. The van der Waals surface area contributed by atoms with Crippen LogP contribution in [-0.2, 0) is 19.1 Å². The minimum atomic E-state index is -0.110. The molecule has 5 nitrogen and oxygen atoms in total. The van der Waals surface area contributed by atoms with Crippen molar-refractivity contribution in [3.8, 4) is 0 Å². The van der Waals surface area contributed by atoms with Crippen LogP contribution >= 0.6 is 0 Å². The van der Waals surface area contributed by atoms with E-state index in [0.29, 0.717) is 13.2 Å². The Kier molecular flexibility index (Phi) is 5.97. The molecule has 0 spiro atoms. The molecule has 0 aliphatic heterocycles. The van der Waals surface area contributed by atoms with Crippen LogP contribution in [0.5, 0.6) is 0 Å². The van der Waals surface area contributed by atoms with E-state index in [1.165, 1.54) is 14.0 Å². The molecule has 1 N–H and O–H groups in total. The number of ether oxygens (including phenoxy) is 2. The van der Waals surface area contributed by atoms with Crippen LogP contribution in [-0.4, -0.2) is 38.2 Å². The van der Waals surface area contributed by atoms with Gasteiger partial charge in [-0.2, -0.15) is 0 Å². The van der Waals surface area contributed by atoms with Gasteiger partial charge in [-0.3, -0.25) is 9.59 Å². The van der Waals surface area contributed by atoms with Gasteiger partial charge in [-0.05, 0) is 25.7 Å². The first-order chi connectivity index (χ1) is 8.13. The molecule has 0 saturated heterocycles. The highest BCUT2D eigenvalue weighted by atomic mass is 16.5. The zero-order chi connectivity index (χ0) is 12.7. The molecule has 0 heterocycles. The lowest BCUT2D eigenvalue weighted by atomic mass is 9.87. The number of hydrogen-bond acceptors (Lipinski definition) is 4. The number of rotatable bonds is 5. The molecule has 1 amide bonds. The fourth-order valence-electron chi connectivity index (χ4n) is 2.08. The van der Waals surface area contributed by atoms with E-state index in [-0.39, 0.29) is 23.9 Å². The standard InChI is InChI=1S/C12H21NO4/c1-9(14)13-7-8-17-11-5-3-10(4-6-11)12(15)16-2/h10-11H,3-8H2,1-2H3,(H,13,14). The van der Waals surface area contributed by atoms with Crippen LogP contribution in [0.15, 0.2) is 0 Å². The van der Waals surface area contributed by atoms with Gasteiger partial charge in [0, 0.05) is 13.5 Å². The quantitative estimate of drug-likeness (QED) is 0.575. The Labute approximate surface area is 102 Å². The van der Waals surface area contributed by atoms with E-state index in [0.717, 1.165) is 25.7 Å². The highest BCUT2D eigenvalue weighted by Crippen LogP contribution is 2.26. The summed E-state index contributed by atoms with van der Waals surface area (Å²) in [5.74, 6) is -0.111. The number of carbonyl (C=O) groups is 2. The molecule has 1 fully saturated rings. The molecule has 0 bridgehead atoms. The number of methoxy groups -OCH3 is 1. The smallest absolute Gasteiger partial charge is 0.308 e. The second-order valence-electron chi connectivity index (χ2n) is 4.35. The van der Waals surface area contributed by atoms with Crippen LogP contribution in [0.2, 0.25) is 0 Å². The predicted octanol–water partition coefficient (Wildman–Crippen LogP) is 0.871. The summed E-state index contributed by atoms with van der Waals surface area (Å²) in [7, 11) is 1.43. The molecule has 1 saturated carbocycles. The van der Waals surface area contributed by atoms with Gasteiger partial charge in [0.05, 0.1) is 25.7 Å². The van der Waals surface area contributed by atoms with Crippen molar-refractivity contribution >= 4 is 11.9 Å². The van der Waals surface area contributed by atoms with Crippen LogP contribution in [0.1, 0.15) is 32.6 Å².